The minimum atomic E-state index is -0.246. The van der Waals surface area contributed by atoms with Crippen molar-refractivity contribution in [2.75, 3.05) is 13.2 Å². The van der Waals surface area contributed by atoms with E-state index in [4.69, 9.17) is 14.2 Å². The summed E-state index contributed by atoms with van der Waals surface area (Å²) in [6.45, 7) is 9.80. The van der Waals surface area contributed by atoms with E-state index >= 15 is 0 Å². The first-order chi connectivity index (χ1) is 18.2. The van der Waals surface area contributed by atoms with Crippen molar-refractivity contribution in [3.63, 3.8) is 0 Å². The number of ether oxygens (including phenoxy) is 3. The number of unbranched alkanes of at least 4 members (excludes halogenated alkanes) is 9. The fourth-order valence-electron chi connectivity index (χ4n) is 5.04. The number of hydrogen-bond acceptors (Lipinski definition) is 3. The van der Waals surface area contributed by atoms with Crippen molar-refractivity contribution in [2.24, 2.45) is 5.92 Å². The van der Waals surface area contributed by atoms with Crippen LogP contribution in [0.25, 0.3) is 11.1 Å². The zero-order valence-electron chi connectivity index (χ0n) is 23.5. The second kappa shape index (κ2) is 17.4. The summed E-state index contributed by atoms with van der Waals surface area (Å²) in [6, 6.07) is 17.1. The van der Waals surface area contributed by atoms with Gasteiger partial charge in [0.1, 0.15) is 5.75 Å². The molecule has 0 aliphatic carbocycles. The molecule has 2 aromatic carbocycles. The van der Waals surface area contributed by atoms with E-state index in [1.165, 1.54) is 81.8 Å². The molecular formula is C34H50O3. The highest BCUT2D eigenvalue weighted by atomic mass is 16.7. The van der Waals surface area contributed by atoms with E-state index in [2.05, 4.69) is 69.0 Å². The van der Waals surface area contributed by atoms with Crippen LogP contribution in [-0.4, -0.2) is 19.3 Å². The number of hydrogen-bond donors (Lipinski definition) is 0. The molecule has 1 aliphatic rings. The summed E-state index contributed by atoms with van der Waals surface area (Å²) in [5.74, 6) is 1.47. The summed E-state index contributed by atoms with van der Waals surface area (Å²) in [5, 5.41) is 0. The molecule has 0 amide bonds. The van der Waals surface area contributed by atoms with Crippen molar-refractivity contribution in [2.45, 2.75) is 110 Å². The third kappa shape index (κ3) is 11.0. The predicted octanol–water partition coefficient (Wildman–Crippen LogP) is 10.1. The lowest BCUT2D eigenvalue weighted by Gasteiger charge is -2.29. The zero-order chi connectivity index (χ0) is 26.1. The minimum Gasteiger partial charge on any atom is -0.491 e. The second-order valence-electron chi connectivity index (χ2n) is 10.8. The molecular weight excluding hydrogens is 456 g/mol. The Balaban J connectivity index is 1.35. The molecule has 0 bridgehead atoms. The van der Waals surface area contributed by atoms with Crippen LogP contribution in [-0.2, 0) is 9.47 Å². The summed E-state index contributed by atoms with van der Waals surface area (Å²) in [4.78, 5) is 0. The van der Waals surface area contributed by atoms with Crippen LogP contribution in [0, 0.1) is 5.92 Å². The van der Waals surface area contributed by atoms with Gasteiger partial charge in [0.15, 0.2) is 6.29 Å². The van der Waals surface area contributed by atoms with Gasteiger partial charge >= 0.3 is 0 Å². The van der Waals surface area contributed by atoms with Crippen molar-refractivity contribution in [1.29, 1.82) is 0 Å². The molecule has 37 heavy (non-hydrogen) atoms. The normalized spacial score (nSPS) is 18.4. The Labute approximate surface area is 226 Å². The van der Waals surface area contributed by atoms with Gasteiger partial charge in [0.05, 0.1) is 19.3 Å². The van der Waals surface area contributed by atoms with Crippen molar-refractivity contribution in [3.8, 4) is 16.9 Å². The van der Waals surface area contributed by atoms with Crippen LogP contribution in [0.4, 0.5) is 0 Å². The third-order valence-corrected chi connectivity index (χ3v) is 7.41. The quantitative estimate of drug-likeness (QED) is 0.149. The van der Waals surface area contributed by atoms with Gasteiger partial charge in [-0.1, -0.05) is 101 Å². The van der Waals surface area contributed by atoms with Crippen LogP contribution in [0.3, 0.4) is 0 Å². The highest BCUT2D eigenvalue weighted by Gasteiger charge is 2.23. The molecule has 1 atom stereocenters. The summed E-state index contributed by atoms with van der Waals surface area (Å²) in [6.07, 6.45) is 18.6. The van der Waals surface area contributed by atoms with Gasteiger partial charge in [0.2, 0.25) is 0 Å². The largest absolute Gasteiger partial charge is 0.491 e. The van der Waals surface area contributed by atoms with E-state index in [0.29, 0.717) is 5.92 Å². The molecule has 204 valence electrons. The molecule has 3 nitrogen and oxygen atoms in total. The van der Waals surface area contributed by atoms with Crippen LogP contribution < -0.4 is 4.74 Å². The van der Waals surface area contributed by atoms with Crippen molar-refractivity contribution in [3.05, 3.63) is 66.7 Å². The molecule has 1 fully saturated rings. The fourth-order valence-corrected chi connectivity index (χ4v) is 5.04. The van der Waals surface area contributed by atoms with Crippen LogP contribution in [0.1, 0.15) is 109 Å². The maximum atomic E-state index is 6.11. The van der Waals surface area contributed by atoms with Gasteiger partial charge in [-0.05, 0) is 62.3 Å². The molecule has 3 rings (SSSR count). The molecule has 3 heteroatoms. The molecule has 0 spiro atoms. The predicted molar refractivity (Wildman–Crippen MR) is 156 cm³/mol. The molecule has 1 heterocycles. The fraction of sp³-hybridized carbons (Fsp3) is 0.588. The van der Waals surface area contributed by atoms with Crippen molar-refractivity contribution < 1.29 is 14.2 Å². The van der Waals surface area contributed by atoms with Crippen LogP contribution in [0.15, 0.2) is 61.2 Å². The Bertz CT molecular complexity index is 850. The summed E-state index contributed by atoms with van der Waals surface area (Å²) < 4.78 is 18.3. The van der Waals surface area contributed by atoms with E-state index in [-0.39, 0.29) is 12.4 Å². The Morgan fingerprint density at radius 3 is 2.05 bits per heavy atom. The Morgan fingerprint density at radius 1 is 0.811 bits per heavy atom. The summed E-state index contributed by atoms with van der Waals surface area (Å²) >= 11 is 0. The number of benzene rings is 2. The van der Waals surface area contributed by atoms with Gasteiger partial charge in [-0.3, -0.25) is 0 Å². The molecule has 2 aromatic rings. The summed E-state index contributed by atoms with van der Waals surface area (Å²) in [5.41, 5.74) is 3.49. The van der Waals surface area contributed by atoms with E-state index in [9.17, 15) is 0 Å². The third-order valence-electron chi connectivity index (χ3n) is 7.41. The van der Waals surface area contributed by atoms with E-state index in [1.54, 1.807) is 0 Å². The van der Waals surface area contributed by atoms with Crippen LogP contribution >= 0.6 is 0 Å². The van der Waals surface area contributed by atoms with Crippen molar-refractivity contribution >= 4 is 0 Å². The molecule has 0 radical (unpaired) electrons. The molecule has 0 saturated carbocycles. The SMILES string of the molecule is C=CCCCCCCCC[C@H]1CO[C@H](c2ccc(-c3ccc(O[C@@H](C)CCCCCC)cc3)cc2)OC1. The Morgan fingerprint density at radius 2 is 1.41 bits per heavy atom. The van der Waals surface area contributed by atoms with E-state index < -0.39 is 0 Å². The lowest BCUT2D eigenvalue weighted by atomic mass is 10.00. The second-order valence-corrected chi connectivity index (χ2v) is 10.8. The smallest absolute Gasteiger partial charge is 0.183 e. The van der Waals surface area contributed by atoms with Crippen LogP contribution in [0.2, 0.25) is 0 Å². The van der Waals surface area contributed by atoms with Gasteiger partial charge < -0.3 is 14.2 Å². The highest BCUT2D eigenvalue weighted by Crippen LogP contribution is 2.30. The lowest BCUT2D eigenvalue weighted by Crippen LogP contribution is -2.27. The lowest BCUT2D eigenvalue weighted by molar-refractivity contribution is -0.206. The topological polar surface area (TPSA) is 27.7 Å². The average molecular weight is 507 g/mol. The van der Waals surface area contributed by atoms with E-state index in [0.717, 1.165) is 37.4 Å². The molecule has 1 saturated heterocycles. The summed E-state index contributed by atoms with van der Waals surface area (Å²) in [7, 11) is 0. The number of allylic oxidation sites excluding steroid dienone is 1. The minimum absolute atomic E-state index is 0.246. The monoisotopic (exact) mass is 506 g/mol. The highest BCUT2D eigenvalue weighted by molar-refractivity contribution is 5.64. The maximum Gasteiger partial charge on any atom is 0.183 e. The zero-order valence-corrected chi connectivity index (χ0v) is 23.5. The number of rotatable bonds is 18. The average Bonchev–Trinajstić information content (AvgIpc) is 2.93. The Hall–Kier alpha value is -2.10. The standard InChI is InChI=1S/C34H50O3/c1-4-6-8-10-11-12-13-15-17-29-26-35-34(36-27-29)32-20-18-30(19-21-32)31-22-24-33(25-23-31)37-28(3)16-14-9-7-5-2/h4,18-25,28-29,34H,1,5-17,26-27H2,2-3H3/t28-,29-,34-/m0/s1. The van der Waals surface area contributed by atoms with Gasteiger partial charge in [0.25, 0.3) is 0 Å². The molecule has 0 N–H and O–H groups in total. The van der Waals surface area contributed by atoms with Gasteiger partial charge in [0, 0.05) is 11.5 Å². The van der Waals surface area contributed by atoms with Crippen LogP contribution in [0.5, 0.6) is 5.75 Å². The first kappa shape index (κ1) is 29.5. The molecule has 0 aromatic heterocycles. The Kier molecular flexibility index (Phi) is 13.9. The van der Waals surface area contributed by atoms with Gasteiger partial charge in [-0.15, -0.1) is 6.58 Å². The van der Waals surface area contributed by atoms with Crippen molar-refractivity contribution in [1.82, 2.24) is 0 Å². The maximum absolute atomic E-state index is 6.11. The van der Waals surface area contributed by atoms with Gasteiger partial charge in [-0.25, -0.2) is 0 Å². The van der Waals surface area contributed by atoms with E-state index in [1.807, 2.05) is 6.08 Å². The molecule has 0 unspecified atom stereocenters. The molecule has 1 aliphatic heterocycles. The first-order valence-corrected chi connectivity index (χ1v) is 14.9. The first-order valence-electron chi connectivity index (χ1n) is 14.9. The van der Waals surface area contributed by atoms with Gasteiger partial charge in [-0.2, -0.15) is 0 Å².